The van der Waals surface area contributed by atoms with Crippen molar-refractivity contribution in [1.82, 2.24) is 25.2 Å². The number of ether oxygens (including phenoxy) is 1. The number of hydrogen-bond acceptors (Lipinski definition) is 9. The Bertz CT molecular complexity index is 1480. The fraction of sp³-hybridized carbons (Fsp3) is 0.414. The third-order valence-corrected chi connectivity index (χ3v) is 7.84. The number of anilines is 2. The molecule has 5 rings (SSSR count). The number of hydrogen-bond donors (Lipinski definition) is 3. The number of aliphatic hydroxyl groups excluding tert-OH is 1. The van der Waals surface area contributed by atoms with Gasteiger partial charge >= 0.3 is 0 Å². The first-order valence-corrected chi connectivity index (χ1v) is 14.1. The maximum absolute atomic E-state index is 14.6. The Balaban J connectivity index is 1.31. The molecule has 11 nitrogen and oxygen atoms in total. The van der Waals surface area contributed by atoms with Gasteiger partial charge in [-0.25, -0.2) is 19.3 Å². The highest BCUT2D eigenvalue weighted by atomic mass is 35.5. The predicted molar refractivity (Wildman–Crippen MR) is 156 cm³/mol. The lowest BCUT2D eigenvalue weighted by molar-refractivity contribution is -0.126. The highest BCUT2D eigenvalue weighted by Crippen LogP contribution is 2.32. The minimum atomic E-state index is -1.02. The topological polar surface area (TPSA) is 133 Å². The van der Waals surface area contributed by atoms with Crippen molar-refractivity contribution in [3.63, 3.8) is 0 Å². The van der Waals surface area contributed by atoms with Gasteiger partial charge in [0.05, 0.1) is 35.8 Å². The summed E-state index contributed by atoms with van der Waals surface area (Å²) < 4.78 is 20.0. The van der Waals surface area contributed by atoms with E-state index in [4.69, 9.17) is 16.3 Å². The number of amides is 2. The molecule has 0 bridgehead atoms. The van der Waals surface area contributed by atoms with Crippen LogP contribution in [0, 0.1) is 5.82 Å². The molecule has 2 atom stereocenters. The lowest BCUT2D eigenvalue weighted by Crippen LogP contribution is -2.47. The van der Waals surface area contributed by atoms with Crippen LogP contribution < -0.4 is 15.5 Å². The number of nitrogens with one attached hydrogen (secondary N) is 2. The molecule has 13 heteroatoms. The lowest BCUT2D eigenvalue weighted by atomic mass is 10.0. The van der Waals surface area contributed by atoms with E-state index in [9.17, 15) is 19.1 Å². The molecule has 0 saturated carbocycles. The van der Waals surface area contributed by atoms with Gasteiger partial charge in [0.25, 0.3) is 5.91 Å². The number of aromatic nitrogens is 3. The number of benzene rings is 1. The maximum Gasteiger partial charge on any atom is 0.255 e. The molecule has 0 spiro atoms. The number of halogens is 2. The summed E-state index contributed by atoms with van der Waals surface area (Å²) in [7, 11) is 3.51. The van der Waals surface area contributed by atoms with E-state index in [-0.39, 0.29) is 24.1 Å². The van der Waals surface area contributed by atoms with Gasteiger partial charge in [-0.15, -0.1) is 0 Å². The van der Waals surface area contributed by atoms with Crippen LogP contribution in [0.3, 0.4) is 0 Å². The second-order valence-corrected chi connectivity index (χ2v) is 11.0. The van der Waals surface area contributed by atoms with Crippen LogP contribution in [-0.2, 0) is 16.1 Å². The number of nitrogens with zero attached hydrogens (tertiary/aromatic N) is 5. The Kier molecular flexibility index (Phi) is 8.85. The Morgan fingerprint density at radius 3 is 2.71 bits per heavy atom. The average molecular weight is 598 g/mol. The van der Waals surface area contributed by atoms with Gasteiger partial charge in [-0.1, -0.05) is 23.7 Å². The number of carbonyl (C=O) groups is 2. The molecule has 4 heterocycles. The summed E-state index contributed by atoms with van der Waals surface area (Å²) >= 11 is 6.46. The smallest absolute Gasteiger partial charge is 0.255 e. The fourth-order valence-electron chi connectivity index (χ4n) is 5.06. The van der Waals surface area contributed by atoms with Crippen LogP contribution in [0.25, 0.3) is 11.3 Å². The van der Waals surface area contributed by atoms with Crippen LogP contribution in [0.4, 0.5) is 16.2 Å². The van der Waals surface area contributed by atoms with Crippen molar-refractivity contribution in [2.75, 3.05) is 44.1 Å². The van der Waals surface area contributed by atoms with E-state index in [1.165, 1.54) is 17.2 Å². The van der Waals surface area contributed by atoms with Crippen LogP contribution in [0.2, 0.25) is 5.02 Å². The number of pyridine rings is 1. The molecular weight excluding hydrogens is 565 g/mol. The minimum absolute atomic E-state index is 0.102. The first-order chi connectivity index (χ1) is 20.2. The van der Waals surface area contributed by atoms with E-state index in [0.717, 1.165) is 24.6 Å². The Hall–Kier alpha value is -3.87. The van der Waals surface area contributed by atoms with Gasteiger partial charge in [0, 0.05) is 56.6 Å². The molecule has 1 aromatic carbocycles. The van der Waals surface area contributed by atoms with Gasteiger partial charge in [-0.2, -0.15) is 0 Å². The molecule has 0 aliphatic carbocycles. The molecule has 0 unspecified atom stereocenters. The summed E-state index contributed by atoms with van der Waals surface area (Å²) in [5, 5.41) is 16.3. The van der Waals surface area contributed by atoms with Crippen molar-refractivity contribution >= 4 is 35.2 Å². The molecule has 1 fully saturated rings. The van der Waals surface area contributed by atoms with Gasteiger partial charge < -0.3 is 30.3 Å². The Morgan fingerprint density at radius 1 is 1.24 bits per heavy atom. The highest BCUT2D eigenvalue weighted by Gasteiger charge is 2.35. The van der Waals surface area contributed by atoms with Crippen molar-refractivity contribution in [2.45, 2.75) is 44.4 Å². The van der Waals surface area contributed by atoms with Crippen LogP contribution in [0.1, 0.15) is 47.3 Å². The second kappa shape index (κ2) is 12.6. The summed E-state index contributed by atoms with van der Waals surface area (Å²) in [6.07, 6.45) is 4.28. The normalized spacial score (nSPS) is 16.6. The zero-order valence-electron chi connectivity index (χ0n) is 23.6. The quantitative estimate of drug-likeness (QED) is 0.340. The van der Waals surface area contributed by atoms with Crippen LogP contribution in [-0.4, -0.2) is 82.8 Å². The van der Waals surface area contributed by atoms with E-state index in [2.05, 4.69) is 25.6 Å². The number of rotatable bonds is 9. The van der Waals surface area contributed by atoms with Gasteiger partial charge in [-0.05, 0) is 37.5 Å². The molecule has 42 heavy (non-hydrogen) atoms. The standard InChI is InChI=1S/C29H33ClFN7O4/c1-16(27(40)35-24(15-39)21-11-25(37(2)3)32-13-23(21)31)38-14-18-5-4-17(10-20(18)28(38)41)26-22(30)12-33-29(36-26)34-19-6-8-42-9-7-19/h4-5,10-13,16,19,24,39H,6-9,14-15H2,1-3H3,(H,35,40)(H,33,34,36)/t16-,24-/m1/s1. The molecule has 2 aliphatic heterocycles. The van der Waals surface area contributed by atoms with Crippen LogP contribution in [0.5, 0.6) is 0 Å². The van der Waals surface area contributed by atoms with E-state index < -0.39 is 30.4 Å². The average Bonchev–Trinajstić information content (AvgIpc) is 3.32. The van der Waals surface area contributed by atoms with Gasteiger partial charge in [0.15, 0.2) is 0 Å². The van der Waals surface area contributed by atoms with Crippen LogP contribution >= 0.6 is 11.6 Å². The number of fused-ring (bicyclic) bond motifs is 1. The van der Waals surface area contributed by atoms with Crippen molar-refractivity contribution in [3.05, 3.63) is 64.2 Å². The van der Waals surface area contributed by atoms with Gasteiger partial charge in [0.2, 0.25) is 11.9 Å². The fourth-order valence-corrected chi connectivity index (χ4v) is 5.26. The Labute approximate surface area is 248 Å². The SMILES string of the molecule is C[C@H](C(=O)N[C@H](CO)c1cc(N(C)C)ncc1F)N1Cc2ccc(-c3nc(NC4CCOCC4)ncc3Cl)cc2C1=O. The summed E-state index contributed by atoms with van der Waals surface area (Å²) in [6, 6.07) is 5.15. The molecule has 2 amide bonds. The molecule has 2 aliphatic rings. The monoisotopic (exact) mass is 597 g/mol. The molecule has 222 valence electrons. The lowest BCUT2D eigenvalue weighted by Gasteiger charge is -2.26. The van der Waals surface area contributed by atoms with E-state index in [0.29, 0.717) is 46.8 Å². The maximum atomic E-state index is 14.6. The molecule has 1 saturated heterocycles. The molecule has 0 radical (unpaired) electrons. The third kappa shape index (κ3) is 6.15. The third-order valence-electron chi connectivity index (χ3n) is 7.56. The van der Waals surface area contributed by atoms with Crippen molar-refractivity contribution in [1.29, 1.82) is 0 Å². The highest BCUT2D eigenvalue weighted by molar-refractivity contribution is 6.33. The zero-order valence-corrected chi connectivity index (χ0v) is 24.4. The number of carbonyl (C=O) groups excluding carboxylic acids is 2. The van der Waals surface area contributed by atoms with Gasteiger partial charge in [0.1, 0.15) is 17.7 Å². The van der Waals surface area contributed by atoms with Crippen molar-refractivity contribution < 1.29 is 23.8 Å². The molecular formula is C29H33ClFN7O4. The van der Waals surface area contributed by atoms with Crippen molar-refractivity contribution in [2.24, 2.45) is 0 Å². The predicted octanol–water partition coefficient (Wildman–Crippen LogP) is 3.18. The van der Waals surface area contributed by atoms with E-state index in [1.807, 2.05) is 12.1 Å². The second-order valence-electron chi connectivity index (χ2n) is 10.6. The largest absolute Gasteiger partial charge is 0.394 e. The summed E-state index contributed by atoms with van der Waals surface area (Å²) in [4.78, 5) is 42.8. The van der Waals surface area contributed by atoms with Crippen LogP contribution in [0.15, 0.2) is 36.7 Å². The summed E-state index contributed by atoms with van der Waals surface area (Å²) in [5.74, 6) is -0.587. The van der Waals surface area contributed by atoms with E-state index in [1.54, 1.807) is 32.0 Å². The number of aliphatic hydroxyl groups is 1. The minimum Gasteiger partial charge on any atom is -0.394 e. The zero-order chi connectivity index (χ0) is 30.0. The summed E-state index contributed by atoms with van der Waals surface area (Å²) in [6.45, 7) is 2.63. The van der Waals surface area contributed by atoms with E-state index >= 15 is 0 Å². The Morgan fingerprint density at radius 2 is 2.00 bits per heavy atom. The first kappa shape index (κ1) is 29.6. The molecule has 3 aromatic rings. The molecule has 3 N–H and O–H groups in total. The summed E-state index contributed by atoms with van der Waals surface area (Å²) in [5.41, 5.74) is 2.43. The molecule has 2 aromatic heterocycles. The van der Waals surface area contributed by atoms with Gasteiger partial charge in [-0.3, -0.25) is 9.59 Å². The first-order valence-electron chi connectivity index (χ1n) is 13.7. The van der Waals surface area contributed by atoms with Crippen molar-refractivity contribution in [3.8, 4) is 11.3 Å².